The summed E-state index contributed by atoms with van der Waals surface area (Å²) in [7, 11) is 4.72. The number of methoxy groups -OCH3 is 3. The second-order valence-corrected chi connectivity index (χ2v) is 2.80. The van der Waals surface area contributed by atoms with Gasteiger partial charge in [-0.15, -0.1) is 0 Å². The Hall–Kier alpha value is -0.650. The van der Waals surface area contributed by atoms with Crippen molar-refractivity contribution in [1.82, 2.24) is 4.90 Å². The van der Waals surface area contributed by atoms with Gasteiger partial charge in [-0.25, -0.2) is 0 Å². The lowest BCUT2D eigenvalue weighted by atomic mass is 10.4. The summed E-state index contributed by atoms with van der Waals surface area (Å²) in [5.74, 6) is -0.0402. The summed E-state index contributed by atoms with van der Waals surface area (Å²) in [4.78, 5) is 13.1. The summed E-state index contributed by atoms with van der Waals surface area (Å²) >= 11 is 0. The smallest absolute Gasteiger partial charge is 0.248 e. The maximum atomic E-state index is 11.4. The van der Waals surface area contributed by atoms with Crippen LogP contribution in [0.1, 0.15) is 0 Å². The minimum absolute atomic E-state index is 0.0402. The van der Waals surface area contributed by atoms with E-state index in [2.05, 4.69) is 0 Å². The lowest BCUT2D eigenvalue weighted by molar-refractivity contribution is -0.136. The molecule has 1 amide bonds. The minimum atomic E-state index is -0.0402. The third kappa shape index (κ3) is 5.90. The van der Waals surface area contributed by atoms with Crippen LogP contribution in [0, 0.1) is 0 Å². The average molecular weight is 205 g/mol. The van der Waals surface area contributed by atoms with Crippen LogP contribution in [0.2, 0.25) is 0 Å². The first-order chi connectivity index (χ1) is 6.76. The van der Waals surface area contributed by atoms with Gasteiger partial charge in [0.05, 0.1) is 13.2 Å². The van der Waals surface area contributed by atoms with Crippen molar-refractivity contribution < 1.29 is 19.0 Å². The Morgan fingerprint density at radius 2 is 1.50 bits per heavy atom. The van der Waals surface area contributed by atoms with E-state index in [0.717, 1.165) is 0 Å². The van der Waals surface area contributed by atoms with Crippen LogP contribution < -0.4 is 0 Å². The number of amides is 1. The quantitative estimate of drug-likeness (QED) is 0.548. The maximum Gasteiger partial charge on any atom is 0.248 e. The van der Waals surface area contributed by atoms with Crippen molar-refractivity contribution in [3.63, 3.8) is 0 Å². The van der Waals surface area contributed by atoms with Gasteiger partial charge in [0.1, 0.15) is 6.61 Å². The van der Waals surface area contributed by atoms with E-state index in [0.29, 0.717) is 26.3 Å². The van der Waals surface area contributed by atoms with E-state index >= 15 is 0 Å². The van der Waals surface area contributed by atoms with Gasteiger partial charge >= 0.3 is 0 Å². The zero-order chi connectivity index (χ0) is 10.8. The highest BCUT2D eigenvalue weighted by molar-refractivity contribution is 5.77. The van der Waals surface area contributed by atoms with Crippen LogP contribution in [-0.4, -0.2) is 65.0 Å². The molecule has 0 aliphatic heterocycles. The molecule has 0 unspecified atom stereocenters. The van der Waals surface area contributed by atoms with E-state index in [1.165, 1.54) is 7.11 Å². The van der Waals surface area contributed by atoms with Crippen LogP contribution in [0.4, 0.5) is 0 Å². The van der Waals surface area contributed by atoms with Crippen LogP contribution in [0.25, 0.3) is 0 Å². The van der Waals surface area contributed by atoms with Crippen LogP contribution >= 0.6 is 0 Å². The molecule has 0 aromatic carbocycles. The van der Waals surface area contributed by atoms with E-state index in [-0.39, 0.29) is 12.5 Å². The normalized spacial score (nSPS) is 10.2. The standard InChI is InChI=1S/C9H19NO4/c1-12-6-4-10(5-7-13-2)9(11)8-14-3/h4-8H2,1-3H3. The molecule has 0 N–H and O–H groups in total. The van der Waals surface area contributed by atoms with Crippen LogP contribution in [0.3, 0.4) is 0 Å². The van der Waals surface area contributed by atoms with Gasteiger partial charge in [0, 0.05) is 34.4 Å². The zero-order valence-electron chi connectivity index (χ0n) is 9.12. The third-order valence-electron chi connectivity index (χ3n) is 1.75. The lowest BCUT2D eigenvalue weighted by Gasteiger charge is -2.21. The third-order valence-corrected chi connectivity index (χ3v) is 1.75. The molecule has 0 aromatic rings. The lowest BCUT2D eigenvalue weighted by Crippen LogP contribution is -2.38. The van der Waals surface area contributed by atoms with E-state index in [1.807, 2.05) is 0 Å². The number of carbonyl (C=O) groups is 1. The fourth-order valence-electron chi connectivity index (χ4n) is 0.979. The topological polar surface area (TPSA) is 48.0 Å². The second-order valence-electron chi connectivity index (χ2n) is 2.80. The number of carbonyl (C=O) groups excluding carboxylic acids is 1. The van der Waals surface area contributed by atoms with E-state index in [1.54, 1.807) is 19.1 Å². The van der Waals surface area contributed by atoms with Crippen LogP contribution in [0.5, 0.6) is 0 Å². The first kappa shape index (κ1) is 13.4. The van der Waals surface area contributed by atoms with Crippen LogP contribution in [-0.2, 0) is 19.0 Å². The molecule has 0 fully saturated rings. The van der Waals surface area contributed by atoms with Gasteiger partial charge in [0.25, 0.3) is 0 Å². The van der Waals surface area contributed by atoms with Crippen molar-refractivity contribution in [3.8, 4) is 0 Å². The molecule has 0 radical (unpaired) electrons. The molecule has 0 spiro atoms. The van der Waals surface area contributed by atoms with Crippen LogP contribution in [0.15, 0.2) is 0 Å². The molecular formula is C9H19NO4. The molecule has 0 heterocycles. The highest BCUT2D eigenvalue weighted by Gasteiger charge is 2.11. The number of hydrogen-bond donors (Lipinski definition) is 0. The molecule has 5 heteroatoms. The number of nitrogens with zero attached hydrogens (tertiary/aromatic N) is 1. The Labute approximate surface area is 84.9 Å². The van der Waals surface area contributed by atoms with Gasteiger partial charge in [-0.05, 0) is 0 Å². The second kappa shape index (κ2) is 8.93. The Morgan fingerprint density at radius 3 is 1.86 bits per heavy atom. The van der Waals surface area contributed by atoms with Crippen molar-refractivity contribution in [1.29, 1.82) is 0 Å². The molecule has 0 saturated carbocycles. The predicted octanol–water partition coefficient (Wildman–Crippen LogP) is -0.246. The fourth-order valence-corrected chi connectivity index (χ4v) is 0.979. The number of ether oxygens (including phenoxy) is 3. The van der Waals surface area contributed by atoms with E-state index < -0.39 is 0 Å². The van der Waals surface area contributed by atoms with Crippen molar-refractivity contribution in [2.24, 2.45) is 0 Å². The Bertz CT molecular complexity index is 144. The molecule has 0 bridgehead atoms. The number of hydrogen-bond acceptors (Lipinski definition) is 4. The van der Waals surface area contributed by atoms with Gasteiger partial charge < -0.3 is 19.1 Å². The van der Waals surface area contributed by atoms with Gasteiger partial charge in [0.15, 0.2) is 0 Å². The Balaban J connectivity index is 3.88. The predicted molar refractivity (Wildman–Crippen MR) is 52.2 cm³/mol. The molecule has 14 heavy (non-hydrogen) atoms. The SMILES string of the molecule is COCCN(CCOC)C(=O)COC. The Morgan fingerprint density at radius 1 is 1.00 bits per heavy atom. The molecule has 0 aliphatic rings. The van der Waals surface area contributed by atoms with Gasteiger partial charge in [-0.3, -0.25) is 4.79 Å². The molecule has 0 saturated heterocycles. The summed E-state index contributed by atoms with van der Waals surface area (Å²) in [5.41, 5.74) is 0. The monoisotopic (exact) mass is 205 g/mol. The average Bonchev–Trinajstić information content (AvgIpc) is 2.18. The van der Waals surface area contributed by atoms with E-state index in [4.69, 9.17) is 14.2 Å². The van der Waals surface area contributed by atoms with E-state index in [9.17, 15) is 4.79 Å². The zero-order valence-corrected chi connectivity index (χ0v) is 9.12. The Kier molecular flexibility index (Phi) is 8.51. The summed E-state index contributed by atoms with van der Waals surface area (Å²) < 4.78 is 14.6. The summed E-state index contributed by atoms with van der Waals surface area (Å²) in [6, 6.07) is 0. The minimum Gasteiger partial charge on any atom is -0.383 e. The highest BCUT2D eigenvalue weighted by Crippen LogP contribution is 1.91. The van der Waals surface area contributed by atoms with Gasteiger partial charge in [0.2, 0.25) is 5.91 Å². The van der Waals surface area contributed by atoms with Gasteiger partial charge in [-0.2, -0.15) is 0 Å². The van der Waals surface area contributed by atoms with Gasteiger partial charge in [-0.1, -0.05) is 0 Å². The van der Waals surface area contributed by atoms with Crippen molar-refractivity contribution in [2.75, 3.05) is 54.2 Å². The van der Waals surface area contributed by atoms with Crippen molar-refractivity contribution >= 4 is 5.91 Å². The molecule has 0 rings (SSSR count). The largest absolute Gasteiger partial charge is 0.383 e. The molecule has 0 aliphatic carbocycles. The summed E-state index contributed by atoms with van der Waals surface area (Å²) in [6.45, 7) is 2.30. The number of rotatable bonds is 8. The molecule has 5 nitrogen and oxygen atoms in total. The first-order valence-electron chi connectivity index (χ1n) is 4.50. The van der Waals surface area contributed by atoms with Crippen molar-refractivity contribution in [3.05, 3.63) is 0 Å². The first-order valence-corrected chi connectivity index (χ1v) is 4.50. The molecule has 0 aromatic heterocycles. The summed E-state index contributed by atoms with van der Waals surface area (Å²) in [5, 5.41) is 0. The highest BCUT2D eigenvalue weighted by atomic mass is 16.5. The molecular weight excluding hydrogens is 186 g/mol. The molecule has 84 valence electrons. The van der Waals surface area contributed by atoms with Crippen molar-refractivity contribution in [2.45, 2.75) is 0 Å². The maximum absolute atomic E-state index is 11.4. The summed E-state index contributed by atoms with van der Waals surface area (Å²) in [6.07, 6.45) is 0. The molecule has 0 atom stereocenters. The fraction of sp³-hybridized carbons (Fsp3) is 0.889.